The third-order valence-corrected chi connectivity index (χ3v) is 2.28. The molecule has 0 saturated carbocycles. The molecule has 1 saturated heterocycles. The van der Waals surface area contributed by atoms with Crippen molar-refractivity contribution in [2.45, 2.75) is 20.8 Å². The Morgan fingerprint density at radius 2 is 1.92 bits per heavy atom. The van der Waals surface area contributed by atoms with Crippen molar-refractivity contribution in [3.63, 3.8) is 0 Å². The van der Waals surface area contributed by atoms with Gasteiger partial charge in [0.15, 0.2) is 0 Å². The van der Waals surface area contributed by atoms with Crippen LogP contribution in [-0.4, -0.2) is 13.1 Å². The summed E-state index contributed by atoms with van der Waals surface area (Å²) in [6.07, 6.45) is 7.93. The van der Waals surface area contributed by atoms with E-state index >= 15 is 0 Å². The van der Waals surface area contributed by atoms with E-state index in [9.17, 15) is 0 Å². The van der Waals surface area contributed by atoms with E-state index in [1.54, 1.807) is 0 Å². The summed E-state index contributed by atoms with van der Waals surface area (Å²) in [4.78, 5) is 0. The van der Waals surface area contributed by atoms with Gasteiger partial charge >= 0.3 is 0 Å². The maximum absolute atomic E-state index is 3.34. The Balaban J connectivity index is 0.000000720. The first-order valence-electron chi connectivity index (χ1n) is 4.13. The van der Waals surface area contributed by atoms with Gasteiger partial charge in [-0.05, 0) is 24.5 Å². The third kappa shape index (κ3) is 1.67. The summed E-state index contributed by atoms with van der Waals surface area (Å²) >= 11 is 0. The second kappa shape index (κ2) is 3.72. The molecule has 1 aliphatic heterocycles. The lowest BCUT2D eigenvalue weighted by molar-refractivity contribution is 0.893. The Morgan fingerprint density at radius 3 is 2.75 bits per heavy atom. The van der Waals surface area contributed by atoms with Crippen LogP contribution in [0.2, 0.25) is 0 Å². The predicted octanol–water partition coefficient (Wildman–Crippen LogP) is 2.43. The topological polar surface area (TPSA) is 12.0 Å². The van der Waals surface area contributed by atoms with Gasteiger partial charge < -0.3 is 5.32 Å². The van der Waals surface area contributed by atoms with Crippen molar-refractivity contribution in [3.05, 3.63) is 34.9 Å². The highest BCUT2D eigenvalue weighted by Crippen LogP contribution is 2.20. The number of rotatable bonds is 0. The summed E-state index contributed by atoms with van der Waals surface area (Å²) in [5.74, 6) is 0. The fourth-order valence-electron chi connectivity index (χ4n) is 1.52. The molecule has 0 aromatic carbocycles. The molecule has 0 radical (unpaired) electrons. The first-order chi connectivity index (χ1) is 5.36. The highest BCUT2D eigenvalue weighted by Gasteiger charge is 2.12. The zero-order valence-corrected chi connectivity index (χ0v) is 6.85. The molecular formula is C11H17N. The van der Waals surface area contributed by atoms with Crippen LogP contribution in [0, 0.1) is 0 Å². The van der Waals surface area contributed by atoms with E-state index < -0.39 is 0 Å². The van der Waals surface area contributed by atoms with Gasteiger partial charge in [-0.3, -0.25) is 0 Å². The fourth-order valence-corrected chi connectivity index (χ4v) is 1.52. The van der Waals surface area contributed by atoms with Crippen LogP contribution in [-0.2, 0) is 0 Å². The van der Waals surface area contributed by atoms with Gasteiger partial charge in [0, 0.05) is 13.1 Å². The van der Waals surface area contributed by atoms with E-state index in [0.717, 1.165) is 19.5 Å². The average molecular weight is 163 g/mol. The van der Waals surface area contributed by atoms with Crippen LogP contribution in [0.4, 0.5) is 0 Å². The van der Waals surface area contributed by atoms with E-state index in [0.29, 0.717) is 0 Å². The quantitative estimate of drug-likeness (QED) is 0.578. The zero-order valence-electron chi connectivity index (χ0n) is 6.85. The number of fused-ring (bicyclic) bond motifs is 1. The van der Waals surface area contributed by atoms with Gasteiger partial charge in [-0.2, -0.15) is 0 Å². The lowest BCUT2D eigenvalue weighted by Gasteiger charge is -1.93. The van der Waals surface area contributed by atoms with E-state index in [-0.39, 0.29) is 7.43 Å². The van der Waals surface area contributed by atoms with Crippen LogP contribution in [0.25, 0.3) is 0 Å². The van der Waals surface area contributed by atoms with Crippen LogP contribution in [0.5, 0.6) is 0 Å². The summed E-state index contributed by atoms with van der Waals surface area (Å²) in [6, 6.07) is 0. The van der Waals surface area contributed by atoms with Gasteiger partial charge in [0.1, 0.15) is 0 Å². The molecule has 1 aliphatic carbocycles. The van der Waals surface area contributed by atoms with Crippen molar-refractivity contribution >= 4 is 0 Å². The highest BCUT2D eigenvalue weighted by atomic mass is 14.9. The molecule has 1 heteroatoms. The minimum atomic E-state index is 0. The largest absolute Gasteiger partial charge is 0.309 e. The van der Waals surface area contributed by atoms with E-state index in [2.05, 4.69) is 30.5 Å². The summed E-state index contributed by atoms with van der Waals surface area (Å²) < 4.78 is 0. The summed E-state index contributed by atoms with van der Waals surface area (Å²) in [6.45, 7) is 4.30. The molecule has 2 rings (SSSR count). The summed E-state index contributed by atoms with van der Waals surface area (Å²) in [7, 11) is 0. The Hall–Kier alpha value is -0.820. The molecule has 1 heterocycles. The van der Waals surface area contributed by atoms with Crippen molar-refractivity contribution < 1.29 is 0 Å². The highest BCUT2D eigenvalue weighted by molar-refractivity contribution is 5.42. The smallest absolute Gasteiger partial charge is 0.0211 e. The Morgan fingerprint density at radius 1 is 1.17 bits per heavy atom. The molecule has 0 aromatic heterocycles. The lowest BCUT2D eigenvalue weighted by atomic mass is 10.1. The normalized spacial score (nSPS) is 21.2. The van der Waals surface area contributed by atoms with Gasteiger partial charge in [0.25, 0.3) is 0 Å². The standard InChI is InChI=1S/C10H13N.CH4/c1-8-2-4-9-6-11-7-10(9)5-3-8;/h2,4-5,11H,3,6-7H2,1H3;1H4. The first-order valence-corrected chi connectivity index (χ1v) is 4.13. The lowest BCUT2D eigenvalue weighted by Crippen LogP contribution is -2.05. The molecule has 0 spiro atoms. The summed E-state index contributed by atoms with van der Waals surface area (Å²) in [5.41, 5.74) is 4.43. The molecule has 1 N–H and O–H groups in total. The monoisotopic (exact) mass is 163 g/mol. The fraction of sp³-hybridized carbons (Fsp3) is 0.455. The maximum Gasteiger partial charge on any atom is 0.0211 e. The molecule has 0 bridgehead atoms. The second-order valence-corrected chi connectivity index (χ2v) is 3.24. The summed E-state index contributed by atoms with van der Waals surface area (Å²) in [5, 5.41) is 3.34. The molecule has 0 unspecified atom stereocenters. The van der Waals surface area contributed by atoms with E-state index in [4.69, 9.17) is 0 Å². The third-order valence-electron chi connectivity index (χ3n) is 2.28. The SMILES string of the molecule is C.CC1=CC=C2CNCC2=CC1. The van der Waals surface area contributed by atoms with Gasteiger partial charge in [-0.1, -0.05) is 31.2 Å². The van der Waals surface area contributed by atoms with Gasteiger partial charge in [0.05, 0.1) is 0 Å². The zero-order chi connectivity index (χ0) is 7.68. The second-order valence-electron chi connectivity index (χ2n) is 3.24. The van der Waals surface area contributed by atoms with Gasteiger partial charge in [0.2, 0.25) is 0 Å². The number of hydrogen-bond acceptors (Lipinski definition) is 1. The van der Waals surface area contributed by atoms with E-state index in [1.165, 1.54) is 16.7 Å². The van der Waals surface area contributed by atoms with Crippen LogP contribution >= 0.6 is 0 Å². The Labute approximate surface area is 74.9 Å². The molecular weight excluding hydrogens is 146 g/mol. The number of nitrogens with one attached hydrogen (secondary N) is 1. The van der Waals surface area contributed by atoms with Crippen molar-refractivity contribution in [1.29, 1.82) is 0 Å². The van der Waals surface area contributed by atoms with Crippen LogP contribution in [0.1, 0.15) is 20.8 Å². The van der Waals surface area contributed by atoms with Crippen molar-refractivity contribution in [1.82, 2.24) is 5.32 Å². The number of allylic oxidation sites excluding steroid dienone is 4. The Kier molecular flexibility index (Phi) is 2.88. The van der Waals surface area contributed by atoms with Crippen molar-refractivity contribution in [2.75, 3.05) is 13.1 Å². The molecule has 0 atom stereocenters. The van der Waals surface area contributed by atoms with Crippen LogP contribution in [0.15, 0.2) is 34.9 Å². The molecule has 2 aliphatic rings. The van der Waals surface area contributed by atoms with E-state index in [1.807, 2.05) is 0 Å². The average Bonchev–Trinajstić information content (AvgIpc) is 2.38. The first kappa shape index (κ1) is 9.27. The molecule has 12 heavy (non-hydrogen) atoms. The van der Waals surface area contributed by atoms with Crippen molar-refractivity contribution in [2.24, 2.45) is 0 Å². The van der Waals surface area contributed by atoms with Gasteiger partial charge in [-0.25, -0.2) is 0 Å². The van der Waals surface area contributed by atoms with Crippen LogP contribution in [0.3, 0.4) is 0 Å². The van der Waals surface area contributed by atoms with Gasteiger partial charge in [-0.15, -0.1) is 0 Å². The molecule has 0 amide bonds. The molecule has 0 aromatic rings. The minimum absolute atomic E-state index is 0. The molecule has 66 valence electrons. The molecule has 1 fully saturated rings. The van der Waals surface area contributed by atoms with Crippen molar-refractivity contribution in [3.8, 4) is 0 Å². The number of hydrogen-bond donors (Lipinski definition) is 1. The van der Waals surface area contributed by atoms with Crippen LogP contribution < -0.4 is 5.32 Å². The minimum Gasteiger partial charge on any atom is -0.309 e. The predicted molar refractivity (Wildman–Crippen MR) is 54.1 cm³/mol. The maximum atomic E-state index is 3.34. The molecule has 1 nitrogen and oxygen atoms in total. The Bertz CT molecular complexity index is 256.